The van der Waals surface area contributed by atoms with Gasteiger partial charge in [0.25, 0.3) is 0 Å². The molecular formula is C16H16BrClN2O. The molecule has 0 fully saturated rings. The van der Waals surface area contributed by atoms with E-state index in [2.05, 4.69) is 32.3 Å². The molecule has 1 atom stereocenters. The SMILES string of the molecule is Cc1ccnc(Cl)c1NC1CCCOc2cc(Br)ccc21. The van der Waals surface area contributed by atoms with Gasteiger partial charge < -0.3 is 10.1 Å². The van der Waals surface area contributed by atoms with Crippen LogP contribution in [0.4, 0.5) is 5.69 Å². The summed E-state index contributed by atoms with van der Waals surface area (Å²) in [7, 11) is 0. The summed E-state index contributed by atoms with van der Waals surface area (Å²) in [6, 6.07) is 8.30. The molecule has 0 aliphatic carbocycles. The molecular weight excluding hydrogens is 352 g/mol. The van der Waals surface area contributed by atoms with E-state index in [-0.39, 0.29) is 6.04 Å². The van der Waals surface area contributed by atoms with Crippen molar-refractivity contribution in [2.24, 2.45) is 0 Å². The van der Waals surface area contributed by atoms with Gasteiger partial charge in [-0.2, -0.15) is 0 Å². The number of halogens is 2. The third-order valence-electron chi connectivity index (χ3n) is 3.68. The highest BCUT2D eigenvalue weighted by Gasteiger charge is 2.21. The van der Waals surface area contributed by atoms with Gasteiger partial charge in [-0.1, -0.05) is 33.6 Å². The number of pyridine rings is 1. The summed E-state index contributed by atoms with van der Waals surface area (Å²) in [5.74, 6) is 0.928. The van der Waals surface area contributed by atoms with Crippen LogP contribution >= 0.6 is 27.5 Å². The summed E-state index contributed by atoms with van der Waals surface area (Å²) in [6.07, 6.45) is 3.73. The van der Waals surface area contributed by atoms with Gasteiger partial charge in [0.15, 0.2) is 5.15 Å². The van der Waals surface area contributed by atoms with Crippen molar-refractivity contribution in [3.8, 4) is 5.75 Å². The highest BCUT2D eigenvalue weighted by molar-refractivity contribution is 9.10. The number of ether oxygens (including phenoxy) is 1. The molecule has 1 unspecified atom stereocenters. The molecule has 0 saturated heterocycles. The van der Waals surface area contributed by atoms with E-state index >= 15 is 0 Å². The summed E-state index contributed by atoms with van der Waals surface area (Å²) in [4.78, 5) is 4.16. The van der Waals surface area contributed by atoms with E-state index in [0.29, 0.717) is 5.15 Å². The minimum atomic E-state index is 0.177. The Balaban J connectivity index is 1.96. The highest BCUT2D eigenvalue weighted by atomic mass is 79.9. The van der Waals surface area contributed by atoms with E-state index in [9.17, 15) is 0 Å². The molecule has 1 aliphatic rings. The molecule has 21 heavy (non-hydrogen) atoms. The predicted molar refractivity (Wildman–Crippen MR) is 89.2 cm³/mol. The Kier molecular flexibility index (Phi) is 4.36. The van der Waals surface area contributed by atoms with Crippen molar-refractivity contribution >= 4 is 33.2 Å². The number of nitrogens with zero attached hydrogens (tertiary/aromatic N) is 1. The number of aromatic nitrogens is 1. The van der Waals surface area contributed by atoms with Gasteiger partial charge in [0, 0.05) is 16.2 Å². The van der Waals surface area contributed by atoms with Crippen LogP contribution < -0.4 is 10.1 Å². The van der Waals surface area contributed by atoms with Crippen LogP contribution in [0.25, 0.3) is 0 Å². The number of aryl methyl sites for hydroxylation is 1. The summed E-state index contributed by atoms with van der Waals surface area (Å²) in [6.45, 7) is 2.77. The third kappa shape index (κ3) is 3.16. The maximum Gasteiger partial charge on any atom is 0.152 e. The summed E-state index contributed by atoms with van der Waals surface area (Å²) >= 11 is 9.72. The van der Waals surface area contributed by atoms with Gasteiger partial charge >= 0.3 is 0 Å². The van der Waals surface area contributed by atoms with Gasteiger partial charge in [0.05, 0.1) is 18.3 Å². The molecule has 3 nitrogen and oxygen atoms in total. The van der Waals surface area contributed by atoms with Crippen LogP contribution in [0.2, 0.25) is 5.15 Å². The molecule has 0 bridgehead atoms. The van der Waals surface area contributed by atoms with Gasteiger partial charge in [0.2, 0.25) is 0 Å². The van der Waals surface area contributed by atoms with Crippen LogP contribution in [0, 0.1) is 6.92 Å². The van der Waals surface area contributed by atoms with Crippen molar-refractivity contribution in [2.75, 3.05) is 11.9 Å². The molecule has 0 radical (unpaired) electrons. The van der Waals surface area contributed by atoms with Gasteiger partial charge in [-0.3, -0.25) is 0 Å². The largest absolute Gasteiger partial charge is 0.493 e. The van der Waals surface area contributed by atoms with E-state index in [1.54, 1.807) is 6.20 Å². The maximum atomic E-state index is 6.23. The molecule has 2 heterocycles. The van der Waals surface area contributed by atoms with Crippen LogP contribution in [0.1, 0.15) is 30.0 Å². The monoisotopic (exact) mass is 366 g/mol. The Morgan fingerprint density at radius 2 is 2.24 bits per heavy atom. The fourth-order valence-electron chi connectivity index (χ4n) is 2.57. The zero-order chi connectivity index (χ0) is 14.8. The Bertz CT molecular complexity index is 642. The number of hydrogen-bond acceptors (Lipinski definition) is 3. The molecule has 1 aromatic heterocycles. The summed E-state index contributed by atoms with van der Waals surface area (Å²) < 4.78 is 6.86. The average Bonchev–Trinajstić information content (AvgIpc) is 2.65. The van der Waals surface area contributed by atoms with Gasteiger partial charge in [-0.15, -0.1) is 0 Å². The van der Waals surface area contributed by atoms with Crippen LogP contribution in [-0.2, 0) is 0 Å². The highest BCUT2D eigenvalue weighted by Crippen LogP contribution is 2.37. The van der Waals surface area contributed by atoms with Crippen molar-refractivity contribution in [2.45, 2.75) is 25.8 Å². The Morgan fingerprint density at radius 1 is 1.38 bits per heavy atom. The number of anilines is 1. The molecule has 0 amide bonds. The molecule has 0 saturated carbocycles. The Hall–Kier alpha value is -1.26. The average molecular weight is 368 g/mol. The van der Waals surface area contributed by atoms with E-state index in [1.165, 1.54) is 0 Å². The molecule has 1 aromatic carbocycles. The normalized spacial score (nSPS) is 17.6. The van der Waals surface area contributed by atoms with Crippen LogP contribution in [-0.4, -0.2) is 11.6 Å². The number of rotatable bonds is 2. The fourth-order valence-corrected chi connectivity index (χ4v) is 3.17. The second-order valence-electron chi connectivity index (χ2n) is 5.16. The van der Waals surface area contributed by atoms with Crippen molar-refractivity contribution < 1.29 is 4.74 Å². The van der Waals surface area contributed by atoms with Crippen molar-refractivity contribution in [3.63, 3.8) is 0 Å². The lowest BCUT2D eigenvalue weighted by molar-refractivity contribution is 0.316. The molecule has 3 rings (SSSR count). The van der Waals surface area contributed by atoms with Crippen LogP contribution in [0.3, 0.4) is 0 Å². The smallest absolute Gasteiger partial charge is 0.152 e. The minimum Gasteiger partial charge on any atom is -0.493 e. The first-order valence-electron chi connectivity index (χ1n) is 6.95. The second kappa shape index (κ2) is 6.24. The lowest BCUT2D eigenvalue weighted by atomic mass is 10.0. The molecule has 0 spiro atoms. The van der Waals surface area contributed by atoms with Crippen LogP contribution in [0.5, 0.6) is 5.75 Å². The molecule has 2 aromatic rings. The number of nitrogens with one attached hydrogen (secondary N) is 1. The summed E-state index contributed by atoms with van der Waals surface area (Å²) in [5.41, 5.74) is 3.16. The van der Waals surface area contributed by atoms with Crippen molar-refractivity contribution in [1.82, 2.24) is 4.98 Å². The lowest BCUT2D eigenvalue weighted by Gasteiger charge is -2.21. The van der Waals surface area contributed by atoms with Gasteiger partial charge in [-0.05, 0) is 43.5 Å². The maximum absolute atomic E-state index is 6.23. The zero-order valence-corrected chi connectivity index (χ0v) is 14.0. The minimum absolute atomic E-state index is 0.177. The molecule has 1 N–H and O–H groups in total. The fraction of sp³-hybridized carbons (Fsp3) is 0.312. The Labute approximate surface area is 137 Å². The van der Waals surface area contributed by atoms with Crippen LogP contribution in [0.15, 0.2) is 34.9 Å². The molecule has 1 aliphatic heterocycles. The van der Waals surface area contributed by atoms with E-state index in [4.69, 9.17) is 16.3 Å². The first kappa shape index (κ1) is 14.7. The molecule has 110 valence electrons. The van der Waals surface area contributed by atoms with E-state index < -0.39 is 0 Å². The number of hydrogen-bond donors (Lipinski definition) is 1. The predicted octanol–water partition coefficient (Wildman–Crippen LogP) is 5.13. The second-order valence-corrected chi connectivity index (χ2v) is 6.44. The topological polar surface area (TPSA) is 34.2 Å². The van der Waals surface area contributed by atoms with E-state index in [1.807, 2.05) is 25.1 Å². The van der Waals surface area contributed by atoms with Gasteiger partial charge in [0.1, 0.15) is 5.75 Å². The third-order valence-corrected chi connectivity index (χ3v) is 4.46. The standard InChI is InChI=1S/C16H16BrClN2O/c1-10-6-7-19-16(18)15(10)20-13-3-2-8-21-14-9-11(17)4-5-12(13)14/h4-7,9,13,20H,2-3,8H2,1H3. The number of benzene rings is 1. The number of fused-ring (bicyclic) bond motifs is 1. The quantitative estimate of drug-likeness (QED) is 0.747. The lowest BCUT2D eigenvalue weighted by Crippen LogP contribution is -2.12. The first-order valence-corrected chi connectivity index (χ1v) is 8.12. The molecule has 5 heteroatoms. The van der Waals surface area contributed by atoms with Crippen molar-refractivity contribution in [1.29, 1.82) is 0 Å². The van der Waals surface area contributed by atoms with E-state index in [0.717, 1.165) is 46.5 Å². The zero-order valence-electron chi connectivity index (χ0n) is 11.7. The van der Waals surface area contributed by atoms with Gasteiger partial charge in [-0.25, -0.2) is 4.98 Å². The summed E-state index contributed by atoms with van der Waals surface area (Å²) in [5, 5.41) is 4.06. The van der Waals surface area contributed by atoms with Crippen molar-refractivity contribution in [3.05, 3.63) is 51.2 Å². The Morgan fingerprint density at radius 3 is 3.05 bits per heavy atom. The first-order chi connectivity index (χ1) is 10.1.